The Balaban J connectivity index is 1.98. The molecule has 1 aromatic carbocycles. The lowest BCUT2D eigenvalue weighted by molar-refractivity contribution is -0.117. The van der Waals surface area contributed by atoms with E-state index >= 15 is 0 Å². The standard InChI is InChI=1S/C13H12N2O2S2/c1-7(16)10-6-18-12(15-10)13-14-9-4-3-8(17-2)5-11(9)19-13/h3-5,10H,6H2,1-2H3. The number of aromatic nitrogens is 1. The maximum Gasteiger partial charge on any atom is 0.155 e. The molecule has 0 amide bonds. The number of thioether (sulfide) groups is 1. The van der Waals surface area contributed by atoms with Gasteiger partial charge in [0.1, 0.15) is 21.8 Å². The van der Waals surface area contributed by atoms with Crippen molar-refractivity contribution >= 4 is 44.1 Å². The maximum atomic E-state index is 11.3. The SMILES string of the molecule is COc1ccc2nc(C3=NC(C(C)=O)CS3)sc2c1. The quantitative estimate of drug-likeness (QED) is 0.873. The van der Waals surface area contributed by atoms with Gasteiger partial charge in [0.2, 0.25) is 0 Å². The van der Waals surface area contributed by atoms with Crippen molar-refractivity contribution in [1.82, 2.24) is 4.98 Å². The molecule has 6 heteroatoms. The number of carbonyl (C=O) groups is 1. The second-order valence-electron chi connectivity index (χ2n) is 4.22. The molecule has 0 bridgehead atoms. The molecule has 1 atom stereocenters. The first-order chi connectivity index (χ1) is 9.17. The number of nitrogens with zero attached hydrogens (tertiary/aromatic N) is 2. The van der Waals surface area contributed by atoms with E-state index in [1.165, 1.54) is 0 Å². The van der Waals surface area contributed by atoms with E-state index in [-0.39, 0.29) is 11.8 Å². The van der Waals surface area contributed by atoms with Gasteiger partial charge in [0.05, 0.1) is 17.3 Å². The minimum Gasteiger partial charge on any atom is -0.497 e. The summed E-state index contributed by atoms with van der Waals surface area (Å²) in [6.07, 6.45) is 0. The van der Waals surface area contributed by atoms with Crippen molar-refractivity contribution < 1.29 is 9.53 Å². The normalized spacial score (nSPS) is 18.6. The second-order valence-corrected chi connectivity index (χ2v) is 6.26. The number of methoxy groups -OCH3 is 1. The molecule has 1 aromatic heterocycles. The third kappa shape index (κ3) is 2.37. The van der Waals surface area contributed by atoms with Gasteiger partial charge in [-0.2, -0.15) is 0 Å². The first kappa shape index (κ1) is 12.6. The lowest BCUT2D eigenvalue weighted by Crippen LogP contribution is -2.14. The summed E-state index contributed by atoms with van der Waals surface area (Å²) < 4.78 is 6.28. The van der Waals surface area contributed by atoms with E-state index in [0.717, 1.165) is 31.8 Å². The van der Waals surface area contributed by atoms with Gasteiger partial charge in [-0.25, -0.2) is 4.98 Å². The molecule has 0 saturated carbocycles. The zero-order valence-corrected chi connectivity index (χ0v) is 12.2. The molecular formula is C13H12N2O2S2. The minimum atomic E-state index is -0.207. The van der Waals surface area contributed by atoms with Crippen molar-refractivity contribution in [2.75, 3.05) is 12.9 Å². The Morgan fingerprint density at radius 1 is 1.47 bits per heavy atom. The number of rotatable bonds is 3. The highest BCUT2D eigenvalue weighted by molar-refractivity contribution is 8.15. The van der Waals surface area contributed by atoms with Crippen molar-refractivity contribution in [2.24, 2.45) is 4.99 Å². The number of aliphatic imine (C=N–C) groups is 1. The molecule has 0 fully saturated rings. The summed E-state index contributed by atoms with van der Waals surface area (Å²) in [6, 6.07) is 5.60. The van der Waals surface area contributed by atoms with Crippen molar-refractivity contribution in [3.8, 4) is 5.75 Å². The third-order valence-electron chi connectivity index (χ3n) is 2.90. The number of thiazole rings is 1. The third-order valence-corrected chi connectivity index (χ3v) is 5.11. The summed E-state index contributed by atoms with van der Waals surface area (Å²) in [4.78, 5) is 20.3. The minimum absolute atomic E-state index is 0.116. The van der Waals surface area contributed by atoms with E-state index in [1.807, 2.05) is 18.2 Å². The van der Waals surface area contributed by atoms with Crippen molar-refractivity contribution in [3.05, 3.63) is 23.2 Å². The zero-order chi connectivity index (χ0) is 13.4. The maximum absolute atomic E-state index is 11.3. The molecule has 2 heterocycles. The van der Waals surface area contributed by atoms with E-state index in [1.54, 1.807) is 37.1 Å². The molecule has 19 heavy (non-hydrogen) atoms. The number of carbonyl (C=O) groups excluding carboxylic acids is 1. The summed E-state index contributed by atoms with van der Waals surface area (Å²) >= 11 is 3.19. The van der Waals surface area contributed by atoms with Crippen molar-refractivity contribution in [3.63, 3.8) is 0 Å². The van der Waals surface area contributed by atoms with Gasteiger partial charge in [-0.3, -0.25) is 9.79 Å². The number of fused-ring (bicyclic) bond motifs is 1. The fourth-order valence-corrected chi connectivity index (χ4v) is 4.01. The highest BCUT2D eigenvalue weighted by atomic mass is 32.2. The summed E-state index contributed by atoms with van der Waals surface area (Å²) in [5, 5.41) is 1.76. The zero-order valence-electron chi connectivity index (χ0n) is 10.5. The molecule has 1 aliphatic heterocycles. The van der Waals surface area contributed by atoms with Crippen LogP contribution in [-0.4, -0.2) is 34.7 Å². The van der Waals surface area contributed by atoms with Crippen LogP contribution in [0.1, 0.15) is 11.9 Å². The number of ether oxygens (including phenoxy) is 1. The average Bonchev–Trinajstić information content (AvgIpc) is 3.04. The van der Waals surface area contributed by atoms with Gasteiger partial charge in [-0.05, 0) is 25.1 Å². The topological polar surface area (TPSA) is 51.6 Å². The van der Waals surface area contributed by atoms with E-state index < -0.39 is 0 Å². The predicted molar refractivity (Wildman–Crippen MR) is 79.6 cm³/mol. The van der Waals surface area contributed by atoms with Crippen LogP contribution in [0.2, 0.25) is 0 Å². The van der Waals surface area contributed by atoms with Gasteiger partial charge in [0.25, 0.3) is 0 Å². The molecule has 1 unspecified atom stereocenters. The van der Waals surface area contributed by atoms with Crippen LogP contribution in [0.15, 0.2) is 23.2 Å². The number of hydrogen-bond donors (Lipinski definition) is 0. The Labute approximate surface area is 118 Å². The molecule has 0 radical (unpaired) electrons. The Hall–Kier alpha value is -1.40. The molecule has 98 valence electrons. The van der Waals surface area contributed by atoms with Gasteiger partial charge in [-0.1, -0.05) is 0 Å². The van der Waals surface area contributed by atoms with E-state index in [4.69, 9.17) is 4.74 Å². The molecule has 0 spiro atoms. The predicted octanol–water partition coefficient (Wildman–Crippen LogP) is 2.76. The van der Waals surface area contributed by atoms with Gasteiger partial charge in [0, 0.05) is 5.75 Å². The second kappa shape index (κ2) is 4.94. The lowest BCUT2D eigenvalue weighted by atomic mass is 10.2. The molecule has 0 aliphatic carbocycles. The van der Waals surface area contributed by atoms with Crippen molar-refractivity contribution in [2.45, 2.75) is 13.0 Å². The first-order valence-electron chi connectivity index (χ1n) is 5.83. The molecule has 1 aliphatic rings. The number of ketones is 1. The van der Waals surface area contributed by atoms with Crippen molar-refractivity contribution in [1.29, 1.82) is 0 Å². The smallest absolute Gasteiger partial charge is 0.155 e. The van der Waals surface area contributed by atoms with Gasteiger partial charge >= 0.3 is 0 Å². The Bertz CT molecular complexity index is 678. The van der Waals surface area contributed by atoms with Crippen LogP contribution >= 0.6 is 23.1 Å². The highest BCUT2D eigenvalue weighted by Crippen LogP contribution is 2.31. The number of benzene rings is 1. The monoisotopic (exact) mass is 292 g/mol. The largest absolute Gasteiger partial charge is 0.497 e. The van der Waals surface area contributed by atoms with E-state index in [2.05, 4.69) is 9.98 Å². The fourth-order valence-electron chi connectivity index (χ4n) is 1.82. The Morgan fingerprint density at radius 2 is 2.32 bits per heavy atom. The Kier molecular flexibility index (Phi) is 3.28. The van der Waals surface area contributed by atoms with Crippen LogP contribution in [0.3, 0.4) is 0 Å². The Morgan fingerprint density at radius 3 is 3.00 bits per heavy atom. The van der Waals surface area contributed by atoms with Crippen LogP contribution in [0, 0.1) is 0 Å². The van der Waals surface area contributed by atoms with E-state index in [0.29, 0.717) is 0 Å². The van der Waals surface area contributed by atoms with Crippen LogP contribution in [0.4, 0.5) is 0 Å². The van der Waals surface area contributed by atoms with Crippen LogP contribution < -0.4 is 4.74 Å². The van der Waals surface area contributed by atoms with Gasteiger partial charge in [-0.15, -0.1) is 23.1 Å². The fraction of sp³-hybridized carbons (Fsp3) is 0.308. The van der Waals surface area contributed by atoms with Gasteiger partial charge in [0.15, 0.2) is 5.78 Å². The summed E-state index contributed by atoms with van der Waals surface area (Å²) in [5.74, 6) is 1.67. The number of Topliss-reactive ketones (excluding diaryl/α,β-unsaturated/α-hetero) is 1. The molecule has 2 aromatic rings. The van der Waals surface area contributed by atoms with Crippen LogP contribution in [-0.2, 0) is 4.79 Å². The highest BCUT2D eigenvalue weighted by Gasteiger charge is 2.24. The van der Waals surface area contributed by atoms with Gasteiger partial charge < -0.3 is 4.74 Å². The molecule has 4 nitrogen and oxygen atoms in total. The molecule has 0 N–H and O–H groups in total. The molecule has 0 saturated heterocycles. The van der Waals surface area contributed by atoms with Crippen LogP contribution in [0.5, 0.6) is 5.75 Å². The van der Waals surface area contributed by atoms with E-state index in [9.17, 15) is 4.79 Å². The summed E-state index contributed by atoms with van der Waals surface area (Å²) in [6.45, 7) is 1.58. The average molecular weight is 292 g/mol. The number of hydrogen-bond acceptors (Lipinski definition) is 6. The lowest BCUT2D eigenvalue weighted by Gasteiger charge is -1.96. The summed E-state index contributed by atoms with van der Waals surface area (Å²) in [5.41, 5.74) is 0.940. The van der Waals surface area contributed by atoms with Crippen LogP contribution in [0.25, 0.3) is 10.2 Å². The summed E-state index contributed by atoms with van der Waals surface area (Å²) in [7, 11) is 1.65. The molecule has 3 rings (SSSR count). The first-order valence-corrected chi connectivity index (χ1v) is 7.63. The molecular weight excluding hydrogens is 280 g/mol.